The first kappa shape index (κ1) is 35.3. The van der Waals surface area contributed by atoms with Gasteiger partial charge in [-0.25, -0.2) is 15.0 Å². The van der Waals surface area contributed by atoms with E-state index in [2.05, 4.69) is 186 Å². The zero-order valence-corrected chi connectivity index (χ0v) is 33.0. The first-order valence-corrected chi connectivity index (χ1v) is 20.4. The van der Waals surface area contributed by atoms with Gasteiger partial charge >= 0.3 is 0 Å². The second-order valence-corrected chi connectivity index (χ2v) is 15.3. The Bertz CT molecular complexity index is 3090. The van der Waals surface area contributed by atoms with Crippen LogP contribution < -0.4 is 10.6 Å². The van der Waals surface area contributed by atoms with Crippen LogP contribution in [0.1, 0.15) is 40.3 Å². The van der Waals surface area contributed by atoms with Crippen molar-refractivity contribution in [3.05, 3.63) is 240 Å². The van der Waals surface area contributed by atoms with Gasteiger partial charge in [-0.1, -0.05) is 182 Å². The van der Waals surface area contributed by atoms with Crippen LogP contribution in [0, 0.1) is 0 Å². The topological polar surface area (TPSA) is 71.8 Å². The Morgan fingerprint density at radius 1 is 0.550 bits per heavy atom. The molecule has 1 aliphatic heterocycles. The molecule has 0 spiro atoms. The Morgan fingerprint density at radius 3 is 1.82 bits per heavy atom. The van der Waals surface area contributed by atoms with Crippen LogP contribution in [0.4, 0.5) is 11.6 Å². The van der Waals surface area contributed by atoms with Gasteiger partial charge in [-0.05, 0) is 64.6 Å². The molecular formula is C54H40N6. The van der Waals surface area contributed by atoms with Crippen LogP contribution in [0.3, 0.4) is 0 Å². The smallest absolute Gasteiger partial charge is 0.217 e. The van der Waals surface area contributed by atoms with Crippen molar-refractivity contribution in [3.63, 3.8) is 0 Å². The summed E-state index contributed by atoms with van der Waals surface area (Å²) in [6, 6.07) is 72.3. The maximum Gasteiger partial charge on any atom is 0.217 e. The van der Waals surface area contributed by atoms with Crippen molar-refractivity contribution in [2.75, 3.05) is 4.90 Å². The molecular weight excluding hydrogens is 733 g/mol. The molecule has 9 aromatic rings. The lowest BCUT2D eigenvalue weighted by atomic mass is 9.67. The van der Waals surface area contributed by atoms with Gasteiger partial charge in [-0.2, -0.15) is 0 Å². The predicted molar refractivity (Wildman–Crippen MR) is 246 cm³/mol. The first-order chi connectivity index (χ1) is 29.6. The number of aromatic nitrogens is 2. The van der Waals surface area contributed by atoms with Gasteiger partial charge in [-0.15, -0.1) is 0 Å². The van der Waals surface area contributed by atoms with E-state index in [1.54, 1.807) is 0 Å². The molecule has 1 atom stereocenters. The van der Waals surface area contributed by atoms with E-state index < -0.39 is 11.6 Å². The molecule has 1 aliphatic carbocycles. The summed E-state index contributed by atoms with van der Waals surface area (Å²) < 4.78 is 2.26. The maximum absolute atomic E-state index is 7.31. The Hall–Kier alpha value is -7.83. The van der Waals surface area contributed by atoms with Crippen molar-refractivity contribution in [1.82, 2.24) is 9.55 Å². The molecule has 1 aromatic heterocycles. The number of imidazole rings is 1. The van der Waals surface area contributed by atoms with Gasteiger partial charge in [0.1, 0.15) is 12.0 Å². The monoisotopic (exact) mass is 772 g/mol. The van der Waals surface area contributed by atoms with Gasteiger partial charge < -0.3 is 5.73 Å². The number of para-hydroxylation sites is 4. The minimum atomic E-state index is -0.557. The quantitative estimate of drug-likeness (QED) is 0.135. The zero-order valence-electron chi connectivity index (χ0n) is 33.0. The van der Waals surface area contributed by atoms with Crippen molar-refractivity contribution in [2.24, 2.45) is 15.7 Å². The van der Waals surface area contributed by atoms with Crippen molar-refractivity contribution in [3.8, 4) is 27.9 Å². The number of fused-ring (bicyclic) bond motifs is 10. The van der Waals surface area contributed by atoms with Crippen molar-refractivity contribution < 1.29 is 0 Å². The highest BCUT2D eigenvalue weighted by Crippen LogP contribution is 2.57. The fourth-order valence-corrected chi connectivity index (χ4v) is 9.57. The number of anilines is 2. The van der Waals surface area contributed by atoms with Crippen molar-refractivity contribution in [2.45, 2.75) is 18.5 Å². The normalized spacial score (nSPS) is 14.4. The summed E-state index contributed by atoms with van der Waals surface area (Å²) in [4.78, 5) is 18.3. The van der Waals surface area contributed by atoms with Crippen LogP contribution in [-0.4, -0.2) is 27.4 Å². The molecule has 6 nitrogen and oxygen atoms in total. The number of nitrogens with zero attached hydrogens (tertiary/aromatic N) is 5. The van der Waals surface area contributed by atoms with Crippen LogP contribution in [0.5, 0.6) is 0 Å². The van der Waals surface area contributed by atoms with E-state index in [1.807, 2.05) is 36.4 Å². The van der Waals surface area contributed by atoms with E-state index in [0.717, 1.165) is 61.7 Å². The Kier molecular flexibility index (Phi) is 8.38. The predicted octanol–water partition coefficient (Wildman–Crippen LogP) is 11.7. The summed E-state index contributed by atoms with van der Waals surface area (Å²) in [5, 5.41) is 0. The molecule has 2 heterocycles. The Labute approximate surface area is 349 Å². The lowest BCUT2D eigenvalue weighted by Crippen LogP contribution is -2.30. The number of hydrogen-bond acceptors (Lipinski definition) is 3. The van der Waals surface area contributed by atoms with Crippen LogP contribution in [0.25, 0.3) is 39.0 Å². The average molecular weight is 773 g/mol. The Morgan fingerprint density at radius 2 is 1.10 bits per heavy atom. The minimum Gasteiger partial charge on any atom is -0.383 e. The molecule has 1 unspecified atom stereocenters. The van der Waals surface area contributed by atoms with Gasteiger partial charge in [0.2, 0.25) is 5.95 Å². The molecule has 60 heavy (non-hydrogen) atoms. The molecule has 286 valence electrons. The van der Waals surface area contributed by atoms with E-state index >= 15 is 0 Å². The number of amidine groups is 2. The third-order valence-corrected chi connectivity index (χ3v) is 12.1. The Balaban J connectivity index is 1.11. The molecule has 2 N–H and O–H groups in total. The van der Waals surface area contributed by atoms with E-state index in [0.29, 0.717) is 11.7 Å². The molecule has 11 rings (SSSR count). The SMILES string of the molecule is CC(/N=C(\N=C(N)c1cccc2c1-c1ccccc1C2(c1ccccc1)c1ccccc1)c1ccccc1)N1c2ccccc2-c2ccccc2-n2c1nc1ccccc12. The second-order valence-electron chi connectivity index (χ2n) is 15.3. The molecule has 6 heteroatoms. The van der Waals surface area contributed by atoms with E-state index in [4.69, 9.17) is 20.7 Å². The highest BCUT2D eigenvalue weighted by atomic mass is 15.4. The fraction of sp³-hybridized carbons (Fsp3) is 0.0556. The summed E-state index contributed by atoms with van der Waals surface area (Å²) in [6.45, 7) is 2.11. The van der Waals surface area contributed by atoms with Crippen LogP contribution >= 0.6 is 0 Å². The van der Waals surface area contributed by atoms with E-state index in [-0.39, 0.29) is 0 Å². The second kappa shape index (κ2) is 14.2. The summed E-state index contributed by atoms with van der Waals surface area (Å²) in [5.74, 6) is 1.71. The molecule has 0 bridgehead atoms. The molecule has 0 radical (unpaired) electrons. The van der Waals surface area contributed by atoms with Crippen LogP contribution in [-0.2, 0) is 5.41 Å². The largest absolute Gasteiger partial charge is 0.383 e. The fourth-order valence-electron chi connectivity index (χ4n) is 9.57. The minimum absolute atomic E-state index is 0.393. The molecule has 2 aliphatic rings. The maximum atomic E-state index is 7.31. The number of benzene rings is 8. The third-order valence-electron chi connectivity index (χ3n) is 12.1. The van der Waals surface area contributed by atoms with Gasteiger partial charge in [0.25, 0.3) is 0 Å². The molecule has 8 aromatic carbocycles. The van der Waals surface area contributed by atoms with Gasteiger partial charge in [0.15, 0.2) is 5.84 Å². The number of hydrogen-bond donors (Lipinski definition) is 1. The zero-order chi connectivity index (χ0) is 40.2. The lowest BCUT2D eigenvalue weighted by molar-refractivity contribution is 0.730. The van der Waals surface area contributed by atoms with Crippen LogP contribution in [0.15, 0.2) is 216 Å². The number of rotatable bonds is 6. The summed E-state index contributed by atoms with van der Waals surface area (Å²) in [7, 11) is 0. The van der Waals surface area contributed by atoms with Gasteiger partial charge in [0, 0.05) is 22.3 Å². The molecule has 0 fully saturated rings. The molecule has 0 amide bonds. The summed E-state index contributed by atoms with van der Waals surface area (Å²) in [5.41, 5.74) is 21.7. The van der Waals surface area contributed by atoms with E-state index in [9.17, 15) is 0 Å². The summed E-state index contributed by atoms with van der Waals surface area (Å²) in [6.07, 6.45) is -0.450. The number of nitrogens with two attached hydrogens (primary N) is 1. The van der Waals surface area contributed by atoms with Crippen molar-refractivity contribution >= 4 is 34.3 Å². The summed E-state index contributed by atoms with van der Waals surface area (Å²) >= 11 is 0. The first-order valence-electron chi connectivity index (χ1n) is 20.4. The van der Waals surface area contributed by atoms with Crippen molar-refractivity contribution in [1.29, 1.82) is 0 Å². The third kappa shape index (κ3) is 5.38. The number of aliphatic imine (C=N–C) groups is 2. The highest BCUT2D eigenvalue weighted by molar-refractivity contribution is 6.14. The highest BCUT2D eigenvalue weighted by Gasteiger charge is 2.47. The van der Waals surface area contributed by atoms with Crippen LogP contribution in [0.2, 0.25) is 0 Å². The molecule has 0 saturated carbocycles. The van der Waals surface area contributed by atoms with Gasteiger partial charge in [0.05, 0.1) is 27.8 Å². The average Bonchev–Trinajstić information content (AvgIpc) is 3.80. The standard InChI is InChI=1S/C54H40N6/c1-36(59-47-33-16-12-26-40(47)41-27-13-17-34-48(41)60-49-35-18-15-32-46(49)57-53(59)60)56-52(37-20-5-2-6-21-37)58-51(55)43-29-19-31-45-50(43)42-28-11-14-30-44(42)54(45,38-22-7-3-8-23-38)39-24-9-4-10-25-39/h2-36H,1H3,(H2,55,56,58). The van der Waals surface area contributed by atoms with E-state index in [1.165, 1.54) is 22.3 Å². The lowest BCUT2D eigenvalue weighted by Gasteiger charge is -2.33. The molecule has 0 saturated heterocycles. The van der Waals surface area contributed by atoms with Gasteiger partial charge in [-0.3, -0.25) is 9.47 Å².